The SMILES string of the molecule is Cn1cc2ccc(CNC(=O)c3ccc(CC(=O)O)cc3)cc2n1. The van der Waals surface area contributed by atoms with Crippen molar-refractivity contribution < 1.29 is 14.7 Å². The Kier molecular flexibility index (Phi) is 4.29. The van der Waals surface area contributed by atoms with Crippen molar-refractivity contribution in [2.45, 2.75) is 13.0 Å². The summed E-state index contributed by atoms with van der Waals surface area (Å²) in [4.78, 5) is 22.8. The minimum absolute atomic E-state index is 0.0496. The third kappa shape index (κ3) is 3.60. The van der Waals surface area contributed by atoms with Gasteiger partial charge in [-0.2, -0.15) is 5.10 Å². The highest BCUT2D eigenvalue weighted by molar-refractivity contribution is 5.94. The second-order valence-corrected chi connectivity index (χ2v) is 5.65. The summed E-state index contributed by atoms with van der Waals surface area (Å²) in [6, 6.07) is 12.5. The lowest BCUT2D eigenvalue weighted by Crippen LogP contribution is -2.22. The molecule has 0 unspecified atom stereocenters. The average molecular weight is 323 g/mol. The number of aliphatic carboxylic acids is 1. The highest BCUT2D eigenvalue weighted by Crippen LogP contribution is 2.14. The fraction of sp³-hybridized carbons (Fsp3) is 0.167. The van der Waals surface area contributed by atoms with E-state index in [0.29, 0.717) is 17.7 Å². The van der Waals surface area contributed by atoms with Crippen molar-refractivity contribution in [1.82, 2.24) is 15.1 Å². The Morgan fingerprint density at radius 2 is 1.83 bits per heavy atom. The number of carbonyl (C=O) groups is 2. The van der Waals surface area contributed by atoms with Gasteiger partial charge in [0.1, 0.15) is 0 Å². The molecule has 0 atom stereocenters. The van der Waals surface area contributed by atoms with Crippen LogP contribution in [0.15, 0.2) is 48.7 Å². The maximum Gasteiger partial charge on any atom is 0.307 e. The van der Waals surface area contributed by atoms with Crippen LogP contribution in [0.3, 0.4) is 0 Å². The van der Waals surface area contributed by atoms with E-state index in [0.717, 1.165) is 16.5 Å². The Balaban J connectivity index is 1.64. The Morgan fingerprint density at radius 3 is 2.54 bits per heavy atom. The van der Waals surface area contributed by atoms with Crippen LogP contribution in [0, 0.1) is 0 Å². The highest BCUT2D eigenvalue weighted by atomic mass is 16.4. The smallest absolute Gasteiger partial charge is 0.307 e. The van der Waals surface area contributed by atoms with E-state index in [2.05, 4.69) is 10.4 Å². The first kappa shape index (κ1) is 15.7. The lowest BCUT2D eigenvalue weighted by molar-refractivity contribution is -0.136. The van der Waals surface area contributed by atoms with Crippen molar-refractivity contribution in [1.29, 1.82) is 0 Å². The van der Waals surface area contributed by atoms with E-state index in [9.17, 15) is 9.59 Å². The van der Waals surface area contributed by atoms with Gasteiger partial charge in [-0.3, -0.25) is 14.3 Å². The molecule has 3 rings (SSSR count). The van der Waals surface area contributed by atoms with Gasteiger partial charge in [0.05, 0.1) is 11.9 Å². The zero-order valence-corrected chi connectivity index (χ0v) is 13.2. The number of amides is 1. The second-order valence-electron chi connectivity index (χ2n) is 5.65. The van der Waals surface area contributed by atoms with Gasteiger partial charge in [0, 0.05) is 30.7 Å². The Labute approximate surface area is 138 Å². The van der Waals surface area contributed by atoms with E-state index in [1.807, 2.05) is 31.4 Å². The van der Waals surface area contributed by atoms with Crippen molar-refractivity contribution in [3.63, 3.8) is 0 Å². The van der Waals surface area contributed by atoms with E-state index in [-0.39, 0.29) is 12.3 Å². The van der Waals surface area contributed by atoms with E-state index < -0.39 is 5.97 Å². The standard InChI is InChI=1S/C18H17N3O3/c1-21-11-15-7-4-13(8-16(15)20-21)10-19-18(24)14-5-2-12(3-6-14)9-17(22)23/h2-8,11H,9-10H2,1H3,(H,19,24)(H,22,23). The number of hydrogen-bond donors (Lipinski definition) is 2. The van der Waals surface area contributed by atoms with Gasteiger partial charge in [-0.15, -0.1) is 0 Å². The second kappa shape index (κ2) is 6.54. The lowest BCUT2D eigenvalue weighted by Gasteiger charge is -2.06. The predicted octanol–water partition coefficient (Wildman–Crippen LogP) is 2.13. The quantitative estimate of drug-likeness (QED) is 0.753. The number of fused-ring (bicyclic) bond motifs is 1. The van der Waals surface area contributed by atoms with Crippen LogP contribution in [0.25, 0.3) is 10.9 Å². The maximum atomic E-state index is 12.2. The lowest BCUT2D eigenvalue weighted by atomic mass is 10.1. The topological polar surface area (TPSA) is 84.2 Å². The van der Waals surface area contributed by atoms with Crippen LogP contribution in [0.1, 0.15) is 21.5 Å². The summed E-state index contributed by atoms with van der Waals surface area (Å²) in [7, 11) is 1.87. The number of benzene rings is 2. The zero-order chi connectivity index (χ0) is 17.1. The van der Waals surface area contributed by atoms with E-state index in [1.165, 1.54) is 0 Å². The molecule has 0 saturated heterocycles. The molecule has 1 amide bonds. The van der Waals surface area contributed by atoms with Crippen LogP contribution in [0.5, 0.6) is 0 Å². The summed E-state index contributed by atoms with van der Waals surface area (Å²) in [6.45, 7) is 0.405. The van der Waals surface area contributed by atoms with Crippen molar-refractivity contribution in [2.75, 3.05) is 0 Å². The molecule has 0 aliphatic carbocycles. The molecule has 2 aromatic carbocycles. The Bertz CT molecular complexity index is 898. The summed E-state index contributed by atoms with van der Waals surface area (Å²) >= 11 is 0. The van der Waals surface area contributed by atoms with Crippen LogP contribution in [-0.4, -0.2) is 26.8 Å². The number of aryl methyl sites for hydroxylation is 1. The van der Waals surface area contributed by atoms with Crippen LogP contribution < -0.4 is 5.32 Å². The van der Waals surface area contributed by atoms with E-state index in [4.69, 9.17) is 5.11 Å². The number of nitrogens with zero attached hydrogens (tertiary/aromatic N) is 2. The normalized spacial score (nSPS) is 10.7. The van der Waals surface area contributed by atoms with E-state index >= 15 is 0 Å². The monoisotopic (exact) mass is 323 g/mol. The molecule has 6 nitrogen and oxygen atoms in total. The predicted molar refractivity (Wildman–Crippen MR) is 89.7 cm³/mol. The molecule has 0 saturated carbocycles. The summed E-state index contributed by atoms with van der Waals surface area (Å²) in [6.07, 6.45) is 1.89. The highest BCUT2D eigenvalue weighted by Gasteiger charge is 2.07. The van der Waals surface area contributed by atoms with Gasteiger partial charge >= 0.3 is 5.97 Å². The van der Waals surface area contributed by atoms with Crippen molar-refractivity contribution in [2.24, 2.45) is 7.05 Å². The number of nitrogens with one attached hydrogen (secondary N) is 1. The third-order valence-corrected chi connectivity index (χ3v) is 3.71. The van der Waals surface area contributed by atoms with Crippen LogP contribution >= 0.6 is 0 Å². The molecule has 0 spiro atoms. The van der Waals surface area contributed by atoms with Crippen molar-refractivity contribution >= 4 is 22.8 Å². The molecular formula is C18H17N3O3. The molecule has 1 heterocycles. The molecule has 122 valence electrons. The number of aromatic nitrogens is 2. The van der Waals surface area contributed by atoms with Crippen LogP contribution in [0.2, 0.25) is 0 Å². The summed E-state index contributed by atoms with van der Waals surface area (Å²) in [5.74, 6) is -1.09. The number of rotatable bonds is 5. The Hall–Kier alpha value is -3.15. The molecule has 24 heavy (non-hydrogen) atoms. The largest absolute Gasteiger partial charge is 0.481 e. The summed E-state index contributed by atoms with van der Waals surface area (Å²) < 4.78 is 1.76. The first-order valence-electron chi connectivity index (χ1n) is 7.52. The molecular weight excluding hydrogens is 306 g/mol. The third-order valence-electron chi connectivity index (χ3n) is 3.71. The molecule has 3 aromatic rings. The molecule has 0 radical (unpaired) electrons. The molecule has 0 aliphatic heterocycles. The van der Waals surface area contributed by atoms with Gasteiger partial charge in [-0.1, -0.05) is 24.3 Å². The molecule has 1 aromatic heterocycles. The molecule has 6 heteroatoms. The van der Waals surface area contributed by atoms with Crippen molar-refractivity contribution in [3.05, 3.63) is 65.4 Å². The fourth-order valence-electron chi connectivity index (χ4n) is 2.53. The maximum absolute atomic E-state index is 12.2. The number of carbonyl (C=O) groups excluding carboxylic acids is 1. The molecule has 0 fully saturated rings. The Morgan fingerprint density at radius 1 is 1.12 bits per heavy atom. The van der Waals surface area contributed by atoms with Gasteiger partial charge in [0.2, 0.25) is 0 Å². The van der Waals surface area contributed by atoms with Crippen LogP contribution in [0.4, 0.5) is 0 Å². The summed E-state index contributed by atoms with van der Waals surface area (Å²) in [5, 5.41) is 17.0. The molecule has 2 N–H and O–H groups in total. The molecule has 0 bridgehead atoms. The van der Waals surface area contributed by atoms with Gasteiger partial charge in [-0.05, 0) is 29.3 Å². The molecule has 0 aliphatic rings. The van der Waals surface area contributed by atoms with Gasteiger partial charge < -0.3 is 10.4 Å². The van der Waals surface area contributed by atoms with Gasteiger partial charge in [0.15, 0.2) is 0 Å². The number of carboxylic acids is 1. The first-order chi connectivity index (χ1) is 11.5. The van der Waals surface area contributed by atoms with Crippen molar-refractivity contribution in [3.8, 4) is 0 Å². The zero-order valence-electron chi connectivity index (χ0n) is 13.2. The van der Waals surface area contributed by atoms with Gasteiger partial charge in [-0.25, -0.2) is 0 Å². The minimum Gasteiger partial charge on any atom is -0.481 e. The van der Waals surface area contributed by atoms with E-state index in [1.54, 1.807) is 28.9 Å². The number of carboxylic acid groups (broad SMARTS) is 1. The minimum atomic E-state index is -0.892. The number of hydrogen-bond acceptors (Lipinski definition) is 3. The van der Waals surface area contributed by atoms with Gasteiger partial charge in [0.25, 0.3) is 5.91 Å². The van der Waals surface area contributed by atoms with Crippen LogP contribution in [-0.2, 0) is 24.8 Å². The first-order valence-corrected chi connectivity index (χ1v) is 7.52. The summed E-state index contributed by atoms with van der Waals surface area (Å²) in [5.41, 5.74) is 3.03. The fourth-order valence-corrected chi connectivity index (χ4v) is 2.53. The average Bonchev–Trinajstić information content (AvgIpc) is 2.92.